The minimum atomic E-state index is -3.35. The van der Waals surface area contributed by atoms with Crippen molar-refractivity contribution in [2.45, 2.75) is 12.0 Å². The van der Waals surface area contributed by atoms with Gasteiger partial charge in [0.25, 0.3) is 5.92 Å². The second-order valence-corrected chi connectivity index (χ2v) is 2.99. The van der Waals surface area contributed by atoms with E-state index in [-0.39, 0.29) is 11.3 Å². The lowest BCUT2D eigenvalue weighted by atomic mass is 10.0. The van der Waals surface area contributed by atoms with Crippen LogP contribution in [0.15, 0.2) is 24.3 Å². The van der Waals surface area contributed by atoms with Crippen LogP contribution in [0.1, 0.15) is 11.6 Å². The van der Waals surface area contributed by atoms with Gasteiger partial charge >= 0.3 is 0 Å². The molecule has 1 aromatic carbocycles. The van der Waals surface area contributed by atoms with Crippen LogP contribution in [0.4, 0.5) is 8.78 Å². The number of aliphatic hydroxyl groups excluding tert-OH is 1. The van der Waals surface area contributed by atoms with Crippen molar-refractivity contribution in [1.82, 2.24) is 0 Å². The molecule has 0 amide bonds. The van der Waals surface area contributed by atoms with E-state index in [1.165, 1.54) is 24.3 Å². The average Bonchev–Trinajstić information content (AvgIpc) is 2.18. The Morgan fingerprint density at radius 1 is 1.29 bits per heavy atom. The first kappa shape index (κ1) is 10.9. The molecule has 0 saturated heterocycles. The smallest absolute Gasteiger partial charge is 0.289 e. The number of hydrogen-bond donors (Lipinski definition) is 3. The van der Waals surface area contributed by atoms with E-state index in [0.717, 1.165) is 0 Å². The molecule has 0 aromatic heterocycles. The summed E-state index contributed by atoms with van der Waals surface area (Å²) < 4.78 is 25.8. The standard InChI is InChI=1S/C9H11F2NO2/c10-9(11,5-13)8(12)6-1-3-7(14)4-2-6/h1-4,8,13-14H,5,12H2/t8-/m0/s1. The van der Waals surface area contributed by atoms with Gasteiger partial charge in [0.05, 0.1) is 6.04 Å². The second kappa shape index (κ2) is 3.89. The molecule has 3 nitrogen and oxygen atoms in total. The fourth-order valence-electron chi connectivity index (χ4n) is 1.02. The molecule has 0 aliphatic rings. The molecule has 5 heteroatoms. The Morgan fingerprint density at radius 3 is 2.21 bits per heavy atom. The largest absolute Gasteiger partial charge is 0.508 e. The number of phenols is 1. The topological polar surface area (TPSA) is 66.5 Å². The Morgan fingerprint density at radius 2 is 1.79 bits per heavy atom. The molecule has 1 rings (SSSR count). The van der Waals surface area contributed by atoms with Gasteiger partial charge in [0, 0.05) is 0 Å². The van der Waals surface area contributed by atoms with E-state index in [9.17, 15) is 8.78 Å². The van der Waals surface area contributed by atoms with Crippen molar-refractivity contribution < 1.29 is 19.0 Å². The Labute approximate surface area is 79.8 Å². The quantitative estimate of drug-likeness (QED) is 0.687. The molecule has 0 heterocycles. The lowest BCUT2D eigenvalue weighted by molar-refractivity contribution is -0.0711. The zero-order valence-corrected chi connectivity index (χ0v) is 7.32. The SMILES string of the molecule is N[C@@H](c1ccc(O)cc1)C(F)(F)CO. The molecule has 14 heavy (non-hydrogen) atoms. The number of nitrogens with two attached hydrogens (primary N) is 1. The van der Waals surface area contributed by atoms with Crippen molar-refractivity contribution in [3.63, 3.8) is 0 Å². The predicted octanol–water partition coefficient (Wildman–Crippen LogP) is 1.02. The fraction of sp³-hybridized carbons (Fsp3) is 0.333. The molecule has 0 bridgehead atoms. The maximum atomic E-state index is 12.9. The van der Waals surface area contributed by atoms with Gasteiger partial charge in [-0.3, -0.25) is 0 Å². The van der Waals surface area contributed by atoms with Crippen molar-refractivity contribution in [2.24, 2.45) is 5.73 Å². The number of aliphatic hydroxyl groups is 1. The summed E-state index contributed by atoms with van der Waals surface area (Å²) in [5.74, 6) is -3.37. The lowest BCUT2D eigenvalue weighted by Crippen LogP contribution is -2.36. The van der Waals surface area contributed by atoms with Gasteiger partial charge in [-0.1, -0.05) is 12.1 Å². The highest BCUT2D eigenvalue weighted by molar-refractivity contribution is 5.28. The Bertz CT molecular complexity index is 300. The molecular weight excluding hydrogens is 192 g/mol. The van der Waals surface area contributed by atoms with Crippen LogP contribution in [-0.2, 0) is 0 Å². The summed E-state index contributed by atoms with van der Waals surface area (Å²) in [4.78, 5) is 0. The van der Waals surface area contributed by atoms with Crippen LogP contribution in [0.3, 0.4) is 0 Å². The van der Waals surface area contributed by atoms with E-state index < -0.39 is 18.6 Å². The summed E-state index contributed by atoms with van der Waals surface area (Å²) in [6.07, 6.45) is 0. The predicted molar refractivity (Wildman–Crippen MR) is 47.1 cm³/mol. The molecule has 0 spiro atoms. The van der Waals surface area contributed by atoms with Gasteiger partial charge in [0.1, 0.15) is 12.4 Å². The monoisotopic (exact) mass is 203 g/mol. The van der Waals surface area contributed by atoms with E-state index >= 15 is 0 Å². The van der Waals surface area contributed by atoms with Crippen LogP contribution in [0.25, 0.3) is 0 Å². The second-order valence-electron chi connectivity index (χ2n) is 2.99. The van der Waals surface area contributed by atoms with Crippen molar-refractivity contribution in [2.75, 3.05) is 6.61 Å². The number of aromatic hydroxyl groups is 1. The number of hydrogen-bond acceptors (Lipinski definition) is 3. The first-order valence-corrected chi connectivity index (χ1v) is 4.00. The van der Waals surface area contributed by atoms with Crippen LogP contribution >= 0.6 is 0 Å². The maximum Gasteiger partial charge on any atom is 0.289 e. The summed E-state index contributed by atoms with van der Waals surface area (Å²) in [6, 6.07) is 3.56. The van der Waals surface area contributed by atoms with Gasteiger partial charge in [-0.25, -0.2) is 8.78 Å². The zero-order chi connectivity index (χ0) is 10.8. The summed E-state index contributed by atoms with van der Waals surface area (Å²) in [7, 11) is 0. The molecular formula is C9H11F2NO2. The number of halogens is 2. The molecule has 0 aliphatic heterocycles. The fourth-order valence-corrected chi connectivity index (χ4v) is 1.02. The van der Waals surface area contributed by atoms with Crippen LogP contribution < -0.4 is 5.73 Å². The molecule has 0 unspecified atom stereocenters. The van der Waals surface area contributed by atoms with Gasteiger partial charge in [-0.15, -0.1) is 0 Å². The Hall–Kier alpha value is -1.20. The van der Waals surface area contributed by atoms with E-state index in [4.69, 9.17) is 15.9 Å². The van der Waals surface area contributed by atoms with E-state index in [1.54, 1.807) is 0 Å². The summed E-state index contributed by atoms with van der Waals surface area (Å²) >= 11 is 0. The highest BCUT2D eigenvalue weighted by atomic mass is 19.3. The molecule has 4 N–H and O–H groups in total. The number of phenolic OH excluding ortho intramolecular Hbond substituents is 1. The first-order valence-electron chi connectivity index (χ1n) is 4.00. The minimum absolute atomic E-state index is 0.0201. The summed E-state index contributed by atoms with van der Waals surface area (Å²) in [6.45, 7) is -1.30. The van der Waals surface area contributed by atoms with Crippen LogP contribution in [0, 0.1) is 0 Å². The molecule has 0 fully saturated rings. The molecule has 0 saturated carbocycles. The summed E-state index contributed by atoms with van der Waals surface area (Å²) in [5, 5.41) is 17.3. The van der Waals surface area contributed by atoms with Crippen LogP contribution in [-0.4, -0.2) is 22.7 Å². The first-order chi connectivity index (χ1) is 6.47. The van der Waals surface area contributed by atoms with Gasteiger partial charge in [-0.05, 0) is 17.7 Å². The Kier molecular flexibility index (Phi) is 3.03. The van der Waals surface area contributed by atoms with Crippen molar-refractivity contribution in [3.8, 4) is 5.75 Å². The van der Waals surface area contributed by atoms with Gasteiger partial charge in [0.2, 0.25) is 0 Å². The average molecular weight is 203 g/mol. The number of rotatable bonds is 3. The normalized spacial score (nSPS) is 14.0. The number of benzene rings is 1. The zero-order valence-electron chi connectivity index (χ0n) is 7.32. The molecule has 1 aromatic rings. The minimum Gasteiger partial charge on any atom is -0.508 e. The van der Waals surface area contributed by atoms with Crippen LogP contribution in [0.5, 0.6) is 5.75 Å². The lowest BCUT2D eigenvalue weighted by Gasteiger charge is -2.21. The molecule has 78 valence electrons. The van der Waals surface area contributed by atoms with Gasteiger partial charge in [-0.2, -0.15) is 0 Å². The third-order valence-electron chi connectivity index (χ3n) is 1.92. The van der Waals surface area contributed by atoms with E-state index in [2.05, 4.69) is 0 Å². The van der Waals surface area contributed by atoms with Crippen molar-refractivity contribution in [3.05, 3.63) is 29.8 Å². The third kappa shape index (κ3) is 2.18. The van der Waals surface area contributed by atoms with Crippen LogP contribution in [0.2, 0.25) is 0 Å². The molecule has 1 atom stereocenters. The maximum absolute atomic E-state index is 12.9. The van der Waals surface area contributed by atoms with Crippen molar-refractivity contribution >= 4 is 0 Å². The highest BCUT2D eigenvalue weighted by Crippen LogP contribution is 2.29. The van der Waals surface area contributed by atoms with Gasteiger partial charge in [0.15, 0.2) is 0 Å². The third-order valence-corrected chi connectivity index (χ3v) is 1.92. The van der Waals surface area contributed by atoms with Crippen molar-refractivity contribution in [1.29, 1.82) is 0 Å². The highest BCUT2D eigenvalue weighted by Gasteiger charge is 2.37. The Balaban J connectivity index is 2.89. The molecule has 0 aliphatic carbocycles. The number of alkyl halides is 2. The molecule has 0 radical (unpaired) electrons. The van der Waals surface area contributed by atoms with E-state index in [1.807, 2.05) is 0 Å². The van der Waals surface area contributed by atoms with Gasteiger partial charge < -0.3 is 15.9 Å². The van der Waals surface area contributed by atoms with E-state index in [0.29, 0.717) is 0 Å². The summed E-state index contributed by atoms with van der Waals surface area (Å²) in [5.41, 5.74) is 5.41.